The van der Waals surface area contributed by atoms with Gasteiger partial charge in [-0.3, -0.25) is 20.2 Å². The van der Waals surface area contributed by atoms with Crippen molar-refractivity contribution in [3.63, 3.8) is 0 Å². The third kappa shape index (κ3) is 17.1. The number of ether oxygens (including phenoxy) is 4. The minimum Gasteiger partial charge on any atom is -0.490 e. The number of amides is 4. The first-order valence-electron chi connectivity index (χ1n) is 23.3. The van der Waals surface area contributed by atoms with Crippen LogP contribution in [0, 0.1) is 35.5 Å². The van der Waals surface area contributed by atoms with Gasteiger partial charge in [0.15, 0.2) is 11.5 Å². The SMILES string of the molecule is CC(C)CCC[C@@H](C)CCOc1cc(C(=O)Oc2ccc3cc(C=C4C(=O)NC(=O)NC4=O)ccc3c2)cc(OCC[C@H](C)CCCC(C)C)c1OCC[C@H](C)CCCC(C)C. The van der Waals surface area contributed by atoms with Gasteiger partial charge in [0, 0.05) is 0 Å². The number of imide groups is 2. The number of barbiturate groups is 1. The van der Waals surface area contributed by atoms with Crippen LogP contribution in [0.4, 0.5) is 4.79 Å². The maximum Gasteiger partial charge on any atom is 0.343 e. The summed E-state index contributed by atoms with van der Waals surface area (Å²) in [6.45, 7) is 21.9. The maximum absolute atomic E-state index is 14.0. The predicted octanol–water partition coefficient (Wildman–Crippen LogP) is 12.5. The first-order chi connectivity index (χ1) is 29.6. The molecule has 1 aliphatic rings. The minimum absolute atomic E-state index is 0.170. The van der Waals surface area contributed by atoms with E-state index in [1.54, 1.807) is 42.5 Å². The van der Waals surface area contributed by atoms with Crippen molar-refractivity contribution in [2.75, 3.05) is 19.8 Å². The molecule has 1 heterocycles. The number of hydrogen-bond donors (Lipinski definition) is 2. The largest absolute Gasteiger partial charge is 0.490 e. The highest BCUT2D eigenvalue weighted by atomic mass is 16.5. The zero-order chi connectivity index (χ0) is 45.2. The first-order valence-corrected chi connectivity index (χ1v) is 23.3. The monoisotopic (exact) mass is 855 g/mol. The van der Waals surface area contributed by atoms with Crippen LogP contribution in [0.25, 0.3) is 16.8 Å². The highest BCUT2D eigenvalue weighted by molar-refractivity contribution is 6.31. The molecule has 10 heteroatoms. The number of carbonyl (C=O) groups excluding carboxylic acids is 4. The fourth-order valence-corrected chi connectivity index (χ4v) is 7.54. The van der Waals surface area contributed by atoms with E-state index in [4.69, 9.17) is 18.9 Å². The van der Waals surface area contributed by atoms with Crippen molar-refractivity contribution in [1.82, 2.24) is 10.6 Å². The van der Waals surface area contributed by atoms with Gasteiger partial charge in [-0.15, -0.1) is 0 Å². The molecular weight excluding hydrogens is 781 g/mol. The lowest BCUT2D eigenvalue weighted by Crippen LogP contribution is -2.51. The molecule has 0 aliphatic carbocycles. The summed E-state index contributed by atoms with van der Waals surface area (Å²) in [4.78, 5) is 50.0. The van der Waals surface area contributed by atoms with E-state index in [9.17, 15) is 19.2 Å². The van der Waals surface area contributed by atoms with Crippen LogP contribution in [0.1, 0.15) is 155 Å². The van der Waals surface area contributed by atoms with Gasteiger partial charge in [0.05, 0.1) is 25.4 Å². The average molecular weight is 855 g/mol. The Morgan fingerprint density at radius 3 is 1.48 bits per heavy atom. The fourth-order valence-electron chi connectivity index (χ4n) is 7.54. The molecule has 1 fully saturated rings. The smallest absolute Gasteiger partial charge is 0.343 e. The zero-order valence-corrected chi connectivity index (χ0v) is 39.0. The molecule has 0 bridgehead atoms. The summed E-state index contributed by atoms with van der Waals surface area (Å²) in [5, 5.41) is 5.75. The molecule has 340 valence electrons. The molecule has 4 rings (SSSR count). The second kappa shape index (κ2) is 25.3. The van der Waals surface area contributed by atoms with Crippen molar-refractivity contribution in [3.8, 4) is 23.0 Å². The van der Waals surface area contributed by atoms with Crippen LogP contribution in [0.2, 0.25) is 0 Å². The molecule has 10 nitrogen and oxygen atoms in total. The Kier molecular flexibility index (Phi) is 20.3. The Hall–Kier alpha value is -4.86. The van der Waals surface area contributed by atoms with E-state index in [0.29, 0.717) is 89.5 Å². The molecule has 3 aromatic rings. The topological polar surface area (TPSA) is 129 Å². The van der Waals surface area contributed by atoms with Gasteiger partial charge in [0.1, 0.15) is 11.3 Å². The van der Waals surface area contributed by atoms with Crippen LogP contribution in [-0.4, -0.2) is 43.6 Å². The average Bonchev–Trinajstić information content (AvgIpc) is 3.19. The van der Waals surface area contributed by atoms with E-state index in [0.717, 1.165) is 49.3 Å². The van der Waals surface area contributed by atoms with Crippen LogP contribution in [-0.2, 0) is 9.59 Å². The summed E-state index contributed by atoms with van der Waals surface area (Å²) in [5.74, 6) is 3.30. The van der Waals surface area contributed by atoms with E-state index >= 15 is 0 Å². The minimum atomic E-state index is -0.850. The Morgan fingerprint density at radius 1 is 0.548 bits per heavy atom. The van der Waals surface area contributed by atoms with Crippen molar-refractivity contribution < 1.29 is 38.1 Å². The van der Waals surface area contributed by atoms with E-state index in [1.165, 1.54) is 44.6 Å². The van der Waals surface area contributed by atoms with Gasteiger partial charge in [-0.25, -0.2) is 9.59 Å². The number of esters is 1. The molecule has 1 aliphatic heterocycles. The molecule has 0 saturated carbocycles. The molecule has 3 atom stereocenters. The molecule has 0 aromatic heterocycles. The summed E-state index contributed by atoms with van der Waals surface area (Å²) in [6, 6.07) is 13.2. The third-order valence-corrected chi connectivity index (χ3v) is 11.6. The number of rotatable bonds is 27. The Morgan fingerprint density at radius 2 is 1.00 bits per heavy atom. The molecule has 62 heavy (non-hydrogen) atoms. The van der Waals surface area contributed by atoms with Gasteiger partial charge >= 0.3 is 12.0 Å². The summed E-state index contributed by atoms with van der Waals surface area (Å²) in [7, 11) is 0. The van der Waals surface area contributed by atoms with Crippen molar-refractivity contribution >= 4 is 40.7 Å². The molecule has 0 radical (unpaired) electrons. The van der Waals surface area contributed by atoms with E-state index in [-0.39, 0.29) is 5.57 Å². The number of nitrogens with one attached hydrogen (secondary N) is 2. The van der Waals surface area contributed by atoms with Gasteiger partial charge in [0.2, 0.25) is 5.75 Å². The van der Waals surface area contributed by atoms with Crippen LogP contribution < -0.4 is 29.6 Å². The van der Waals surface area contributed by atoms with E-state index in [2.05, 4.69) is 72.9 Å². The third-order valence-electron chi connectivity index (χ3n) is 11.6. The quantitative estimate of drug-likeness (QED) is 0.0336. The number of benzene rings is 3. The van der Waals surface area contributed by atoms with E-state index in [1.807, 2.05) is 6.07 Å². The van der Waals surface area contributed by atoms with Gasteiger partial charge in [-0.2, -0.15) is 0 Å². The molecule has 0 spiro atoms. The lowest BCUT2D eigenvalue weighted by molar-refractivity contribution is -0.123. The van der Waals surface area contributed by atoms with Gasteiger partial charge < -0.3 is 18.9 Å². The highest BCUT2D eigenvalue weighted by Crippen LogP contribution is 2.40. The first kappa shape index (κ1) is 49.8. The zero-order valence-electron chi connectivity index (χ0n) is 39.0. The van der Waals surface area contributed by atoms with Crippen molar-refractivity contribution in [2.24, 2.45) is 35.5 Å². The van der Waals surface area contributed by atoms with Gasteiger partial charge in [0.25, 0.3) is 11.8 Å². The Balaban J connectivity index is 1.58. The van der Waals surface area contributed by atoms with Crippen LogP contribution >= 0.6 is 0 Å². The van der Waals surface area contributed by atoms with Crippen LogP contribution in [0.15, 0.2) is 54.1 Å². The van der Waals surface area contributed by atoms with Crippen LogP contribution in [0.5, 0.6) is 23.0 Å². The lowest BCUT2D eigenvalue weighted by Gasteiger charge is -2.21. The maximum atomic E-state index is 14.0. The normalized spacial score (nSPS) is 14.5. The van der Waals surface area contributed by atoms with Gasteiger partial charge in [-0.1, -0.05) is 138 Å². The Labute approximate surface area is 371 Å². The predicted molar refractivity (Wildman–Crippen MR) is 249 cm³/mol. The standard InChI is InChI=1S/C52H74N2O8/c1-34(2)13-10-16-37(7)23-26-59-46-32-43(33-47(60-27-24-38(8)17-11-14-35(3)4)48(46)61-28-25-39(9)18-12-15-36(5)6)51(57)62-44-22-21-41-29-40(19-20-42(41)31-44)30-45-49(55)53-52(58)54-50(45)56/h19-22,29-39H,10-18,23-28H2,1-9H3,(H2,53,54,55,56,58)/t37-,38-,39-/m1/s1. The summed E-state index contributed by atoms with van der Waals surface area (Å²) in [5.41, 5.74) is 0.718. The number of carbonyl (C=O) groups is 4. The molecule has 0 unspecified atom stereocenters. The second-order valence-electron chi connectivity index (χ2n) is 19.0. The summed E-state index contributed by atoms with van der Waals surface area (Å²) < 4.78 is 25.6. The van der Waals surface area contributed by atoms with Crippen molar-refractivity contribution in [2.45, 2.75) is 139 Å². The number of urea groups is 1. The molecule has 3 aromatic carbocycles. The van der Waals surface area contributed by atoms with E-state index < -0.39 is 23.8 Å². The Bertz CT molecular complexity index is 1900. The van der Waals surface area contributed by atoms with Crippen molar-refractivity contribution in [1.29, 1.82) is 0 Å². The number of fused-ring (bicyclic) bond motifs is 1. The van der Waals surface area contributed by atoms with Gasteiger partial charge in [-0.05, 0) is 108 Å². The fraction of sp³-hybridized carbons (Fsp3) is 0.577. The summed E-state index contributed by atoms with van der Waals surface area (Å²) in [6.07, 6.45) is 14.7. The van der Waals surface area contributed by atoms with Crippen LogP contribution in [0.3, 0.4) is 0 Å². The lowest BCUT2D eigenvalue weighted by atomic mass is 9.97. The summed E-state index contributed by atoms with van der Waals surface area (Å²) >= 11 is 0. The molecular formula is C52H74N2O8. The number of hydrogen-bond acceptors (Lipinski definition) is 8. The molecule has 2 N–H and O–H groups in total. The molecule has 1 saturated heterocycles. The second-order valence-corrected chi connectivity index (χ2v) is 19.0. The highest BCUT2D eigenvalue weighted by Gasteiger charge is 2.28. The van der Waals surface area contributed by atoms with Crippen molar-refractivity contribution in [3.05, 3.63) is 65.2 Å². The molecule has 4 amide bonds.